The van der Waals surface area contributed by atoms with Crippen LogP contribution >= 0.6 is 11.6 Å². The third-order valence-corrected chi connectivity index (χ3v) is 5.20. The number of hydrogen-bond acceptors (Lipinski definition) is 4. The van der Waals surface area contributed by atoms with Crippen molar-refractivity contribution in [2.75, 3.05) is 6.61 Å². The normalized spacial score (nSPS) is 14.1. The minimum absolute atomic E-state index is 0.118. The third kappa shape index (κ3) is 4.95. The molecule has 0 radical (unpaired) electrons. The van der Waals surface area contributed by atoms with Crippen molar-refractivity contribution in [1.82, 2.24) is 24.9 Å². The lowest BCUT2D eigenvalue weighted by molar-refractivity contribution is -0.139. The van der Waals surface area contributed by atoms with Crippen LogP contribution in [0, 0.1) is 0 Å². The number of aromatic nitrogens is 4. The van der Waals surface area contributed by atoms with Crippen LogP contribution in [-0.2, 0) is 13.2 Å². The van der Waals surface area contributed by atoms with Gasteiger partial charge in [-0.3, -0.25) is 4.79 Å². The van der Waals surface area contributed by atoms with Gasteiger partial charge >= 0.3 is 6.18 Å². The van der Waals surface area contributed by atoms with Crippen molar-refractivity contribution >= 4 is 17.5 Å². The first kappa shape index (κ1) is 23.0. The average Bonchev–Trinajstić information content (AvgIpc) is 3.28. The van der Waals surface area contributed by atoms with Crippen LogP contribution in [-0.4, -0.2) is 44.5 Å². The van der Waals surface area contributed by atoms with Gasteiger partial charge in [0.25, 0.3) is 12.3 Å². The summed E-state index contributed by atoms with van der Waals surface area (Å²) in [6, 6.07) is 4.75. The molecule has 2 aromatic heterocycles. The number of ether oxygens (including phenoxy) is 1. The molecule has 1 aliphatic carbocycles. The van der Waals surface area contributed by atoms with Gasteiger partial charge in [0.2, 0.25) is 5.88 Å². The fourth-order valence-electron chi connectivity index (χ4n) is 3.20. The molecule has 4 rings (SSSR count). The van der Waals surface area contributed by atoms with E-state index in [-0.39, 0.29) is 22.5 Å². The molecule has 0 spiro atoms. The summed E-state index contributed by atoms with van der Waals surface area (Å²) in [5.74, 6) is -1.83. The number of aryl methyl sites for hydroxylation is 1. The second kappa shape index (κ2) is 8.65. The highest BCUT2D eigenvalue weighted by molar-refractivity contribution is 6.34. The first-order valence-electron chi connectivity index (χ1n) is 9.75. The summed E-state index contributed by atoms with van der Waals surface area (Å²) in [5.41, 5.74) is -0.207. The molecule has 7 nitrogen and oxygen atoms in total. The lowest BCUT2D eigenvalue weighted by atomic mass is 10.1. The van der Waals surface area contributed by atoms with Gasteiger partial charge in [-0.2, -0.15) is 18.3 Å². The van der Waals surface area contributed by atoms with Gasteiger partial charge in [-0.25, -0.2) is 18.1 Å². The van der Waals surface area contributed by atoms with Crippen molar-refractivity contribution in [3.05, 3.63) is 46.7 Å². The molecule has 176 valence electrons. The zero-order valence-corrected chi connectivity index (χ0v) is 17.8. The summed E-state index contributed by atoms with van der Waals surface area (Å²) in [6.45, 7) is -1.24. The maximum Gasteiger partial charge on any atom is 0.425 e. The topological polar surface area (TPSA) is 74.0 Å². The Morgan fingerprint density at radius 2 is 2.03 bits per heavy atom. The number of carbonyl (C=O) groups is 1. The summed E-state index contributed by atoms with van der Waals surface area (Å²) in [7, 11) is 1.21. The maximum atomic E-state index is 13.7. The second-order valence-electron chi connectivity index (χ2n) is 7.44. The second-order valence-corrected chi connectivity index (χ2v) is 7.85. The maximum absolute atomic E-state index is 13.7. The zero-order chi connectivity index (χ0) is 23.9. The van der Waals surface area contributed by atoms with Crippen LogP contribution in [0.4, 0.5) is 22.0 Å². The van der Waals surface area contributed by atoms with Crippen LogP contribution in [0.25, 0.3) is 16.9 Å². The number of benzene rings is 1. The quantitative estimate of drug-likeness (QED) is 0.497. The molecule has 13 heteroatoms. The van der Waals surface area contributed by atoms with E-state index in [1.165, 1.54) is 31.6 Å². The number of alkyl halides is 5. The molecule has 0 bridgehead atoms. The SMILES string of the molecule is Cn1nc(OCC(F)F)c(C(F)(F)F)c1-n1cc(-c2ccc(Cl)c(C(=O)NC3CC3)c2)cn1. The number of halogens is 6. The van der Waals surface area contributed by atoms with Crippen molar-refractivity contribution in [1.29, 1.82) is 0 Å². The van der Waals surface area contributed by atoms with Crippen LogP contribution in [0.15, 0.2) is 30.6 Å². The van der Waals surface area contributed by atoms with Gasteiger partial charge in [-0.15, -0.1) is 5.10 Å². The Kier molecular flexibility index (Phi) is 6.04. The van der Waals surface area contributed by atoms with Gasteiger partial charge in [0.1, 0.15) is 0 Å². The number of nitrogens with one attached hydrogen (secondary N) is 1. The van der Waals surface area contributed by atoms with Crippen molar-refractivity contribution in [2.45, 2.75) is 31.5 Å². The van der Waals surface area contributed by atoms with Crippen molar-refractivity contribution < 1.29 is 31.5 Å². The van der Waals surface area contributed by atoms with E-state index in [1.807, 2.05) is 0 Å². The van der Waals surface area contributed by atoms with E-state index >= 15 is 0 Å². The van der Waals surface area contributed by atoms with E-state index in [4.69, 9.17) is 11.6 Å². The molecule has 1 fully saturated rings. The number of amides is 1. The van der Waals surface area contributed by atoms with Crippen molar-refractivity contribution in [3.8, 4) is 22.8 Å². The molecular weight excluding hydrogens is 473 g/mol. The van der Waals surface area contributed by atoms with Gasteiger partial charge in [0.15, 0.2) is 18.0 Å². The minimum Gasteiger partial charge on any atom is -0.470 e. The van der Waals surface area contributed by atoms with Crippen molar-refractivity contribution in [2.24, 2.45) is 7.05 Å². The Labute approximate surface area is 189 Å². The molecule has 1 N–H and O–H groups in total. The lowest BCUT2D eigenvalue weighted by Crippen LogP contribution is -2.25. The smallest absolute Gasteiger partial charge is 0.425 e. The number of hydrogen-bond donors (Lipinski definition) is 1. The van der Waals surface area contributed by atoms with Crippen LogP contribution < -0.4 is 10.1 Å². The third-order valence-electron chi connectivity index (χ3n) is 4.87. The fraction of sp³-hybridized carbons (Fsp3) is 0.350. The number of carbonyl (C=O) groups excluding carboxylic acids is 1. The molecule has 0 saturated heterocycles. The van der Waals surface area contributed by atoms with Crippen LogP contribution in [0.3, 0.4) is 0 Å². The number of rotatable bonds is 7. The van der Waals surface area contributed by atoms with Gasteiger partial charge < -0.3 is 10.1 Å². The van der Waals surface area contributed by atoms with Gasteiger partial charge in [0, 0.05) is 24.8 Å². The average molecular weight is 490 g/mol. The summed E-state index contributed by atoms with van der Waals surface area (Å²) < 4.78 is 72.5. The van der Waals surface area contributed by atoms with E-state index in [0.29, 0.717) is 11.1 Å². The van der Waals surface area contributed by atoms with Gasteiger partial charge in [-0.05, 0) is 30.5 Å². The highest BCUT2D eigenvalue weighted by Crippen LogP contribution is 2.40. The van der Waals surface area contributed by atoms with Crippen LogP contribution in [0.5, 0.6) is 5.88 Å². The molecule has 1 amide bonds. The van der Waals surface area contributed by atoms with E-state index in [2.05, 4.69) is 20.3 Å². The molecular formula is C20H17ClF5N5O2. The number of nitrogens with zero attached hydrogens (tertiary/aromatic N) is 4. The molecule has 1 aliphatic rings. The monoisotopic (exact) mass is 489 g/mol. The zero-order valence-electron chi connectivity index (χ0n) is 17.0. The molecule has 0 aliphatic heterocycles. The van der Waals surface area contributed by atoms with E-state index in [1.54, 1.807) is 6.07 Å². The predicted octanol–water partition coefficient (Wildman–Crippen LogP) is 4.48. The van der Waals surface area contributed by atoms with E-state index in [0.717, 1.165) is 22.2 Å². The molecule has 0 atom stereocenters. The summed E-state index contributed by atoms with van der Waals surface area (Å²) in [5, 5.41) is 10.6. The van der Waals surface area contributed by atoms with Gasteiger partial charge in [0.05, 0.1) is 16.8 Å². The fourth-order valence-corrected chi connectivity index (χ4v) is 3.41. The molecule has 2 heterocycles. The van der Waals surface area contributed by atoms with E-state index < -0.39 is 36.5 Å². The Morgan fingerprint density at radius 1 is 1.30 bits per heavy atom. The van der Waals surface area contributed by atoms with Gasteiger partial charge in [-0.1, -0.05) is 17.7 Å². The standard InChI is InChI=1S/C20H17ClF5N5O2/c1-30-19(16(20(24,25)26)18(29-30)33-9-15(22)23)31-8-11(7-27-31)10-2-5-14(21)13(6-10)17(32)28-12-3-4-12/h2,5-8,12,15H,3-4,9H2,1H3,(H,28,32). The van der Waals surface area contributed by atoms with Crippen LogP contribution in [0.1, 0.15) is 28.8 Å². The van der Waals surface area contributed by atoms with Crippen molar-refractivity contribution in [3.63, 3.8) is 0 Å². The Balaban J connectivity index is 1.70. The molecule has 0 unspecified atom stereocenters. The largest absolute Gasteiger partial charge is 0.470 e. The Morgan fingerprint density at radius 3 is 2.67 bits per heavy atom. The molecule has 1 saturated carbocycles. The summed E-state index contributed by atoms with van der Waals surface area (Å²) in [6.07, 6.45) is -3.52. The predicted molar refractivity (Wildman–Crippen MR) is 108 cm³/mol. The Hall–Kier alpha value is -3.15. The first-order valence-corrected chi connectivity index (χ1v) is 10.1. The van der Waals surface area contributed by atoms with Crippen LogP contribution in [0.2, 0.25) is 5.02 Å². The molecule has 3 aromatic rings. The summed E-state index contributed by atoms with van der Waals surface area (Å²) >= 11 is 6.14. The van der Waals surface area contributed by atoms with E-state index in [9.17, 15) is 26.7 Å². The minimum atomic E-state index is -4.94. The first-order chi connectivity index (χ1) is 15.5. The molecule has 33 heavy (non-hydrogen) atoms. The highest BCUT2D eigenvalue weighted by atomic mass is 35.5. The highest BCUT2D eigenvalue weighted by Gasteiger charge is 2.42. The molecule has 1 aromatic carbocycles. The summed E-state index contributed by atoms with van der Waals surface area (Å²) in [4.78, 5) is 12.4. The lowest BCUT2D eigenvalue weighted by Gasteiger charge is -2.11. The Bertz CT molecular complexity index is 1190.